The number of ketones is 1. The van der Waals surface area contributed by atoms with E-state index in [2.05, 4.69) is 20.8 Å². The lowest BCUT2D eigenvalue weighted by Crippen LogP contribution is -2.77. The van der Waals surface area contributed by atoms with Crippen molar-refractivity contribution in [1.29, 1.82) is 0 Å². The van der Waals surface area contributed by atoms with Crippen LogP contribution in [-0.4, -0.2) is 41.1 Å². The lowest BCUT2D eigenvalue weighted by atomic mass is 9.35. The fraction of sp³-hybridized carbons (Fsp3) is 0.828. The van der Waals surface area contributed by atoms with Crippen LogP contribution < -0.4 is 0 Å². The molecule has 4 fully saturated rings. The molecule has 1 saturated heterocycles. The van der Waals surface area contributed by atoms with Gasteiger partial charge in [0.15, 0.2) is 11.4 Å². The number of hydrogen-bond acceptors (Lipinski definition) is 6. The topological polar surface area (TPSA) is 89.9 Å². The minimum absolute atomic E-state index is 0.0353. The summed E-state index contributed by atoms with van der Waals surface area (Å²) < 4.78 is 11.4. The molecule has 0 aromatic heterocycles. The van der Waals surface area contributed by atoms with Gasteiger partial charge >= 0.3 is 11.9 Å². The van der Waals surface area contributed by atoms with Crippen LogP contribution in [0.15, 0.2) is 11.6 Å². The van der Waals surface area contributed by atoms with Crippen molar-refractivity contribution < 1.29 is 29.0 Å². The van der Waals surface area contributed by atoms with Crippen LogP contribution in [0.4, 0.5) is 0 Å². The van der Waals surface area contributed by atoms with E-state index in [4.69, 9.17) is 9.47 Å². The molecule has 5 aliphatic rings. The third-order valence-electron chi connectivity index (χ3n) is 12.0. The van der Waals surface area contributed by atoms with Gasteiger partial charge in [-0.15, -0.1) is 0 Å². The minimum atomic E-state index is -1.83. The van der Waals surface area contributed by atoms with E-state index in [9.17, 15) is 19.5 Å². The quantitative estimate of drug-likeness (QED) is 0.537. The second-order valence-corrected chi connectivity index (χ2v) is 14.2. The van der Waals surface area contributed by atoms with Crippen molar-refractivity contribution >= 4 is 17.7 Å². The molecular formula is C29H42O6. The highest BCUT2D eigenvalue weighted by molar-refractivity contribution is 6.02. The number of esters is 2. The van der Waals surface area contributed by atoms with Gasteiger partial charge in [0.1, 0.15) is 5.60 Å². The zero-order valence-electron chi connectivity index (χ0n) is 22.7. The van der Waals surface area contributed by atoms with Crippen LogP contribution in [0.3, 0.4) is 0 Å². The maximum atomic E-state index is 14.2. The normalized spacial score (nSPS) is 49.6. The van der Waals surface area contributed by atoms with Crippen molar-refractivity contribution in [2.45, 2.75) is 105 Å². The third kappa shape index (κ3) is 2.58. The van der Waals surface area contributed by atoms with Gasteiger partial charge in [0, 0.05) is 11.3 Å². The molecule has 3 saturated carbocycles. The number of fused-ring (bicyclic) bond motifs is 7. The highest BCUT2D eigenvalue weighted by atomic mass is 16.6. The number of carbonyl (C=O) groups is 3. The van der Waals surface area contributed by atoms with Crippen LogP contribution in [0.25, 0.3) is 0 Å². The molecule has 0 aromatic carbocycles. The predicted octanol–water partition coefficient (Wildman–Crippen LogP) is 4.77. The molecule has 0 amide bonds. The zero-order valence-corrected chi connectivity index (χ0v) is 22.7. The first-order valence-corrected chi connectivity index (χ1v) is 13.3. The Balaban J connectivity index is 1.71. The van der Waals surface area contributed by atoms with Gasteiger partial charge in [0.25, 0.3) is 0 Å². The van der Waals surface area contributed by atoms with E-state index in [0.717, 1.165) is 24.8 Å². The molecule has 0 spiro atoms. The summed E-state index contributed by atoms with van der Waals surface area (Å²) in [5.74, 6) is -1.28. The number of methoxy groups -OCH3 is 1. The second-order valence-electron chi connectivity index (χ2n) is 14.2. The molecule has 5 rings (SSSR count). The predicted molar refractivity (Wildman–Crippen MR) is 130 cm³/mol. The lowest BCUT2D eigenvalue weighted by Gasteiger charge is -2.69. The molecular weight excluding hydrogens is 444 g/mol. The molecule has 1 N–H and O–H groups in total. The minimum Gasteiger partial charge on any atom is -0.469 e. The van der Waals surface area contributed by atoms with Gasteiger partial charge in [-0.2, -0.15) is 0 Å². The molecule has 6 nitrogen and oxygen atoms in total. The molecule has 194 valence electrons. The monoisotopic (exact) mass is 486 g/mol. The van der Waals surface area contributed by atoms with E-state index in [1.807, 2.05) is 20.8 Å². The molecule has 0 aromatic rings. The van der Waals surface area contributed by atoms with Gasteiger partial charge in [-0.3, -0.25) is 14.4 Å². The average molecular weight is 487 g/mol. The summed E-state index contributed by atoms with van der Waals surface area (Å²) in [6, 6.07) is 0. The standard InChI is InChI=1S/C29H42O6/c1-23(2)11-13-28(22(32)34-8)14-12-25(5)17(18(28)16-23)15-20(30)29(33)26(25,6)10-9-19-24(3,4)21(31)35-27(19,29)7/h15,18-19,33H,9-14,16H2,1-8H3/t18-,19+,25-,26+,27-,28+,29+/m1/s1. The van der Waals surface area contributed by atoms with Crippen molar-refractivity contribution in [3.05, 3.63) is 11.6 Å². The molecule has 4 aliphatic carbocycles. The summed E-state index contributed by atoms with van der Waals surface area (Å²) in [4.78, 5) is 40.4. The van der Waals surface area contributed by atoms with Gasteiger partial charge in [-0.25, -0.2) is 0 Å². The van der Waals surface area contributed by atoms with Gasteiger partial charge in [-0.05, 0) is 88.5 Å². The van der Waals surface area contributed by atoms with Gasteiger partial charge in [0.05, 0.1) is 17.9 Å². The molecule has 7 atom stereocenters. The maximum Gasteiger partial charge on any atom is 0.312 e. The first-order chi connectivity index (χ1) is 16.0. The summed E-state index contributed by atoms with van der Waals surface area (Å²) in [6.07, 6.45) is 6.78. The number of hydrogen-bond donors (Lipinski definition) is 1. The van der Waals surface area contributed by atoms with Gasteiger partial charge in [0.2, 0.25) is 0 Å². The number of ether oxygens (including phenoxy) is 2. The first kappa shape index (κ1) is 25.0. The highest BCUT2D eigenvalue weighted by Gasteiger charge is 2.80. The molecule has 0 unspecified atom stereocenters. The molecule has 35 heavy (non-hydrogen) atoms. The highest BCUT2D eigenvalue weighted by Crippen LogP contribution is 2.74. The van der Waals surface area contributed by atoms with E-state index in [0.29, 0.717) is 25.7 Å². The molecule has 0 bridgehead atoms. The summed E-state index contributed by atoms with van der Waals surface area (Å²) in [5.41, 5.74) is -4.86. The van der Waals surface area contributed by atoms with Gasteiger partial charge < -0.3 is 14.6 Å². The van der Waals surface area contributed by atoms with Crippen LogP contribution in [0.5, 0.6) is 0 Å². The van der Waals surface area contributed by atoms with E-state index in [-0.39, 0.29) is 35.0 Å². The second kappa shape index (κ2) is 6.79. The van der Waals surface area contributed by atoms with E-state index < -0.39 is 32.9 Å². The molecule has 6 heteroatoms. The molecule has 1 aliphatic heterocycles. The number of carbonyl (C=O) groups excluding carboxylic acids is 3. The largest absolute Gasteiger partial charge is 0.469 e. The molecule has 1 heterocycles. The van der Waals surface area contributed by atoms with Crippen molar-refractivity contribution in [3.63, 3.8) is 0 Å². The Morgan fingerprint density at radius 1 is 1.00 bits per heavy atom. The lowest BCUT2D eigenvalue weighted by molar-refractivity contribution is -0.263. The van der Waals surface area contributed by atoms with Crippen molar-refractivity contribution in [2.24, 2.45) is 38.9 Å². The number of aliphatic hydroxyl groups is 1. The van der Waals surface area contributed by atoms with E-state index in [1.165, 1.54) is 7.11 Å². The summed E-state index contributed by atoms with van der Waals surface area (Å²) in [5, 5.41) is 12.6. The Bertz CT molecular complexity index is 1060. The van der Waals surface area contributed by atoms with Crippen LogP contribution in [0.1, 0.15) is 93.4 Å². The SMILES string of the molecule is COC(=O)[C@]12CCC(C)(C)C[C@@H]1C1=CC(=O)[C@]3(O)[C@@](C)(CC[C@H]4C(C)(C)C(=O)O[C@]43C)[C@]1(C)CC2. The van der Waals surface area contributed by atoms with Crippen LogP contribution in [-0.2, 0) is 23.9 Å². The smallest absolute Gasteiger partial charge is 0.312 e. The number of allylic oxidation sites excluding steroid dienone is 1. The fourth-order valence-electron chi connectivity index (χ4n) is 9.49. The Morgan fingerprint density at radius 3 is 2.26 bits per heavy atom. The third-order valence-corrected chi connectivity index (χ3v) is 12.0. The summed E-state index contributed by atoms with van der Waals surface area (Å²) in [7, 11) is 1.46. The first-order valence-electron chi connectivity index (χ1n) is 13.3. The van der Waals surface area contributed by atoms with Crippen LogP contribution in [0.2, 0.25) is 0 Å². The Morgan fingerprint density at radius 2 is 1.63 bits per heavy atom. The molecule has 0 radical (unpaired) electrons. The zero-order chi connectivity index (χ0) is 26.0. The summed E-state index contributed by atoms with van der Waals surface area (Å²) >= 11 is 0. The Kier molecular flexibility index (Phi) is 4.84. The van der Waals surface area contributed by atoms with E-state index >= 15 is 0 Å². The van der Waals surface area contributed by atoms with Crippen molar-refractivity contribution in [3.8, 4) is 0 Å². The van der Waals surface area contributed by atoms with Crippen molar-refractivity contribution in [1.82, 2.24) is 0 Å². The van der Waals surface area contributed by atoms with Crippen LogP contribution in [0, 0.1) is 38.9 Å². The van der Waals surface area contributed by atoms with E-state index in [1.54, 1.807) is 13.0 Å². The maximum absolute atomic E-state index is 14.2. The number of rotatable bonds is 1. The van der Waals surface area contributed by atoms with Crippen LogP contribution >= 0.6 is 0 Å². The average Bonchev–Trinajstić information content (AvgIpc) is 2.96. The van der Waals surface area contributed by atoms with Gasteiger partial charge in [-0.1, -0.05) is 33.3 Å². The fourth-order valence-corrected chi connectivity index (χ4v) is 9.49. The van der Waals surface area contributed by atoms with Crippen molar-refractivity contribution in [2.75, 3.05) is 7.11 Å². The summed E-state index contributed by atoms with van der Waals surface area (Å²) in [6.45, 7) is 14.2. The Labute approximate surface area is 209 Å². The Hall–Kier alpha value is -1.69.